The number of hydrogen-bond donors (Lipinski definition) is 2. The molecule has 2 aliphatic carbocycles. The smallest absolute Gasteiger partial charge is 0.242 e. The van der Waals surface area contributed by atoms with Crippen LogP contribution in [-0.4, -0.2) is 56.2 Å². The summed E-state index contributed by atoms with van der Waals surface area (Å²) in [6, 6.07) is 0. The van der Waals surface area contributed by atoms with E-state index in [0.717, 1.165) is 5.57 Å². The van der Waals surface area contributed by atoms with E-state index in [1.807, 2.05) is 6.08 Å². The van der Waals surface area contributed by atoms with Crippen molar-refractivity contribution in [3.8, 4) is 0 Å². The lowest BCUT2D eigenvalue weighted by atomic mass is 9.74. The van der Waals surface area contributed by atoms with Gasteiger partial charge in [-0.2, -0.15) is 0 Å². The third-order valence-corrected chi connectivity index (χ3v) is 8.96. The summed E-state index contributed by atoms with van der Waals surface area (Å²) >= 11 is 0. The molecule has 21 heavy (non-hydrogen) atoms. The topological polar surface area (TPSA) is 77.8 Å². The zero-order valence-electron chi connectivity index (χ0n) is 11.4. The monoisotopic (exact) mass is 325 g/mol. The summed E-state index contributed by atoms with van der Waals surface area (Å²) in [4.78, 5) is 26.1. The Balaban J connectivity index is 1.90. The highest BCUT2D eigenvalue weighted by atomic mass is 33.1. The van der Waals surface area contributed by atoms with Crippen molar-refractivity contribution in [3.05, 3.63) is 23.8 Å². The van der Waals surface area contributed by atoms with Crippen LogP contribution in [0.3, 0.4) is 0 Å². The van der Waals surface area contributed by atoms with E-state index in [4.69, 9.17) is 0 Å². The Morgan fingerprint density at radius 2 is 2.19 bits per heavy atom. The Bertz CT molecular complexity index is 618. The van der Waals surface area contributed by atoms with Gasteiger partial charge in [-0.05, 0) is 6.42 Å². The first-order valence-electron chi connectivity index (χ1n) is 6.83. The summed E-state index contributed by atoms with van der Waals surface area (Å²) in [5, 5.41) is 20.1. The molecule has 3 saturated heterocycles. The van der Waals surface area contributed by atoms with Crippen LogP contribution < -0.4 is 0 Å². The maximum atomic E-state index is 13.0. The average Bonchev–Trinajstić information content (AvgIpc) is 2.83. The van der Waals surface area contributed by atoms with Crippen molar-refractivity contribution in [1.82, 2.24) is 4.90 Å². The molecule has 2 unspecified atom stereocenters. The Hall–Kier alpha value is -0.760. The van der Waals surface area contributed by atoms with Crippen molar-refractivity contribution < 1.29 is 19.8 Å². The fraction of sp³-hybridized carbons (Fsp3) is 0.571. The van der Waals surface area contributed by atoms with E-state index >= 15 is 0 Å². The van der Waals surface area contributed by atoms with Gasteiger partial charge in [0, 0.05) is 13.0 Å². The van der Waals surface area contributed by atoms with Gasteiger partial charge in [-0.3, -0.25) is 9.59 Å². The number of fused-ring (bicyclic) bond motifs is 3. The Morgan fingerprint density at radius 1 is 1.43 bits per heavy atom. The minimum Gasteiger partial charge on any atom is -0.392 e. The number of allylic oxidation sites excluding steroid dienone is 2. The van der Waals surface area contributed by atoms with Crippen LogP contribution in [0.4, 0.5) is 0 Å². The van der Waals surface area contributed by atoms with E-state index in [1.54, 1.807) is 19.2 Å². The summed E-state index contributed by atoms with van der Waals surface area (Å²) in [6.45, 7) is -0.393. The molecular weight excluding hydrogens is 310 g/mol. The molecule has 0 aromatic heterocycles. The molecule has 7 heteroatoms. The fourth-order valence-electron chi connectivity index (χ4n) is 4.04. The Kier molecular flexibility index (Phi) is 2.75. The van der Waals surface area contributed by atoms with Crippen LogP contribution in [0.15, 0.2) is 23.8 Å². The molecule has 1 saturated carbocycles. The lowest BCUT2D eigenvalue weighted by molar-refractivity contribution is -0.155. The number of rotatable bonds is 1. The van der Waals surface area contributed by atoms with Crippen molar-refractivity contribution in [2.75, 3.05) is 13.7 Å². The van der Waals surface area contributed by atoms with Gasteiger partial charge < -0.3 is 15.1 Å². The van der Waals surface area contributed by atoms with Crippen LogP contribution in [0, 0.1) is 11.8 Å². The maximum Gasteiger partial charge on any atom is 0.242 e. The van der Waals surface area contributed by atoms with Crippen molar-refractivity contribution >= 4 is 33.3 Å². The summed E-state index contributed by atoms with van der Waals surface area (Å²) in [6.07, 6.45) is 5.12. The molecule has 0 radical (unpaired) electrons. The number of hydrogen-bond acceptors (Lipinski definition) is 6. The highest BCUT2D eigenvalue weighted by Gasteiger charge is 2.74. The first-order chi connectivity index (χ1) is 9.98. The van der Waals surface area contributed by atoms with Gasteiger partial charge in [-0.25, -0.2) is 0 Å². The molecular formula is C14H15NO4S2. The van der Waals surface area contributed by atoms with Gasteiger partial charge in [0.2, 0.25) is 5.91 Å². The molecule has 112 valence electrons. The van der Waals surface area contributed by atoms with Crippen LogP contribution in [0.1, 0.15) is 6.42 Å². The number of carbonyl (C=O) groups is 2. The number of nitrogens with zero attached hydrogens (tertiary/aromatic N) is 1. The van der Waals surface area contributed by atoms with Crippen LogP contribution in [0.25, 0.3) is 0 Å². The second-order valence-electron chi connectivity index (χ2n) is 6.02. The predicted molar refractivity (Wildman–Crippen MR) is 80.3 cm³/mol. The normalized spacial score (nSPS) is 47.5. The van der Waals surface area contributed by atoms with E-state index in [1.165, 1.54) is 26.5 Å². The van der Waals surface area contributed by atoms with Gasteiger partial charge in [-0.1, -0.05) is 45.4 Å². The third-order valence-electron chi connectivity index (χ3n) is 5.16. The van der Waals surface area contributed by atoms with Gasteiger partial charge in [0.05, 0.1) is 18.6 Å². The molecule has 5 aliphatic rings. The molecule has 5 atom stereocenters. The minimum absolute atomic E-state index is 0.104. The quantitative estimate of drug-likeness (QED) is 0.677. The van der Waals surface area contributed by atoms with Crippen LogP contribution in [0.2, 0.25) is 0 Å². The van der Waals surface area contributed by atoms with Crippen molar-refractivity contribution in [3.63, 3.8) is 0 Å². The van der Waals surface area contributed by atoms with Crippen molar-refractivity contribution in [2.24, 2.45) is 11.8 Å². The number of amides is 1. The van der Waals surface area contributed by atoms with Crippen LogP contribution in [0.5, 0.6) is 0 Å². The van der Waals surface area contributed by atoms with E-state index in [-0.39, 0.29) is 17.6 Å². The SMILES string of the molecule is CN1C(=O)[C@]23CC4=CC=C[C@H](O)[C@H]4C2C(=O)C1(CO)SS3. The van der Waals surface area contributed by atoms with E-state index < -0.39 is 28.2 Å². The minimum atomic E-state index is -1.20. The first kappa shape index (κ1) is 13.9. The number of likely N-dealkylation sites (N-methyl/N-ethyl adjacent to an activating group) is 1. The van der Waals surface area contributed by atoms with Gasteiger partial charge >= 0.3 is 0 Å². The molecule has 1 amide bonds. The van der Waals surface area contributed by atoms with E-state index in [9.17, 15) is 19.8 Å². The summed E-state index contributed by atoms with van der Waals surface area (Å²) in [5.74, 6) is -1.11. The molecule has 3 heterocycles. The van der Waals surface area contributed by atoms with E-state index in [2.05, 4.69) is 0 Å². The molecule has 4 fully saturated rings. The maximum absolute atomic E-state index is 13.0. The number of aliphatic hydroxyl groups is 2. The lowest BCUT2D eigenvalue weighted by Crippen LogP contribution is -2.72. The van der Waals surface area contributed by atoms with Crippen molar-refractivity contribution in [2.45, 2.75) is 22.1 Å². The van der Waals surface area contributed by atoms with Gasteiger partial charge in [-0.15, -0.1) is 0 Å². The Morgan fingerprint density at radius 3 is 2.90 bits per heavy atom. The molecule has 2 bridgehead atoms. The number of carbonyl (C=O) groups excluding carboxylic acids is 2. The molecule has 3 aliphatic heterocycles. The van der Waals surface area contributed by atoms with Gasteiger partial charge in [0.15, 0.2) is 10.7 Å². The zero-order chi connectivity index (χ0) is 15.0. The van der Waals surface area contributed by atoms with Gasteiger partial charge in [0.25, 0.3) is 0 Å². The number of Topliss-reactive ketones (excluding diaryl/α,β-unsaturated/α-hetero) is 1. The highest BCUT2D eigenvalue weighted by Crippen LogP contribution is 2.68. The molecule has 0 aromatic rings. The predicted octanol–water partition coefficient (Wildman–Crippen LogP) is 0.343. The molecule has 5 rings (SSSR count). The second kappa shape index (κ2) is 4.16. The summed E-state index contributed by atoms with van der Waals surface area (Å²) in [5.41, 5.74) is 0.967. The second-order valence-corrected chi connectivity index (χ2v) is 8.76. The third kappa shape index (κ3) is 1.39. The lowest BCUT2D eigenvalue weighted by Gasteiger charge is -2.56. The van der Waals surface area contributed by atoms with Crippen LogP contribution >= 0.6 is 21.6 Å². The zero-order valence-corrected chi connectivity index (χ0v) is 13.0. The number of ketones is 1. The fourth-order valence-corrected chi connectivity index (χ4v) is 7.88. The molecule has 2 N–H and O–H groups in total. The van der Waals surface area contributed by atoms with E-state index in [0.29, 0.717) is 6.42 Å². The average molecular weight is 325 g/mol. The van der Waals surface area contributed by atoms with Crippen molar-refractivity contribution in [1.29, 1.82) is 0 Å². The standard InChI is InChI=1S/C14H15NO4S2/c1-15-12(19)13-5-7-3-2-4-8(17)9(7)10(13)11(18)14(15,6-16)21-20-13/h2-4,8-10,16-17H,5-6H2,1H3/t8-,9-,10?,13-,14?/m0/s1. The van der Waals surface area contributed by atoms with Crippen LogP contribution in [-0.2, 0) is 9.59 Å². The highest BCUT2D eigenvalue weighted by molar-refractivity contribution is 8.78. The molecule has 1 spiro atoms. The van der Waals surface area contributed by atoms with Gasteiger partial charge in [0.1, 0.15) is 4.75 Å². The molecule has 0 aromatic carbocycles. The number of piperidine rings is 1. The largest absolute Gasteiger partial charge is 0.392 e. The summed E-state index contributed by atoms with van der Waals surface area (Å²) < 4.78 is -0.822. The number of aliphatic hydroxyl groups excluding tert-OH is 2. The first-order valence-corrected chi connectivity index (χ1v) is 8.98. The Labute approximate surface area is 129 Å². The summed E-state index contributed by atoms with van der Waals surface area (Å²) in [7, 11) is 4.28. The molecule has 5 nitrogen and oxygen atoms in total.